The maximum absolute atomic E-state index is 12.1. The number of amides is 1. The highest BCUT2D eigenvalue weighted by atomic mass is 19.4. The van der Waals surface area contributed by atoms with E-state index in [2.05, 4.69) is 15.0 Å². The molecule has 8 heteroatoms. The molecule has 0 radical (unpaired) electrons. The van der Waals surface area contributed by atoms with Crippen molar-refractivity contribution in [2.75, 3.05) is 0 Å². The molecule has 1 N–H and O–H groups in total. The SMILES string of the molecule is O=C(NCc1cn2ccccc2n1)c1ccc(OC(F)(F)F)cc1. The van der Waals surface area contributed by atoms with Crippen LogP contribution in [0.3, 0.4) is 0 Å². The van der Waals surface area contributed by atoms with Gasteiger partial charge in [-0.25, -0.2) is 4.98 Å². The number of benzene rings is 1. The van der Waals surface area contributed by atoms with E-state index in [0.29, 0.717) is 5.69 Å². The fourth-order valence-corrected chi connectivity index (χ4v) is 2.15. The summed E-state index contributed by atoms with van der Waals surface area (Å²) in [7, 11) is 0. The maximum Gasteiger partial charge on any atom is 0.573 e. The van der Waals surface area contributed by atoms with Crippen molar-refractivity contribution in [2.24, 2.45) is 0 Å². The summed E-state index contributed by atoms with van der Waals surface area (Å²) in [4.78, 5) is 16.4. The lowest BCUT2D eigenvalue weighted by Gasteiger charge is -2.09. The monoisotopic (exact) mass is 335 g/mol. The molecule has 1 aromatic carbocycles. The normalized spacial score (nSPS) is 11.5. The molecule has 0 aliphatic rings. The number of nitrogens with zero attached hydrogens (tertiary/aromatic N) is 2. The number of carbonyl (C=O) groups excluding carboxylic acids is 1. The molecule has 2 aromatic heterocycles. The highest BCUT2D eigenvalue weighted by molar-refractivity contribution is 5.94. The van der Waals surface area contributed by atoms with E-state index in [1.165, 1.54) is 12.1 Å². The van der Waals surface area contributed by atoms with Gasteiger partial charge in [-0.05, 0) is 36.4 Å². The Kier molecular flexibility index (Phi) is 4.11. The zero-order valence-electron chi connectivity index (χ0n) is 12.2. The molecule has 0 unspecified atom stereocenters. The number of hydrogen-bond donors (Lipinski definition) is 1. The molecule has 0 aliphatic heterocycles. The Hall–Kier alpha value is -3.03. The summed E-state index contributed by atoms with van der Waals surface area (Å²) in [6.07, 6.45) is -1.13. The summed E-state index contributed by atoms with van der Waals surface area (Å²) in [5.41, 5.74) is 1.66. The predicted molar refractivity (Wildman–Crippen MR) is 79.5 cm³/mol. The van der Waals surface area contributed by atoms with Crippen LogP contribution < -0.4 is 10.1 Å². The smallest absolute Gasteiger partial charge is 0.406 e. The van der Waals surface area contributed by atoms with Crippen LogP contribution in [0.25, 0.3) is 5.65 Å². The Morgan fingerprint density at radius 2 is 1.92 bits per heavy atom. The molecule has 0 bridgehead atoms. The zero-order valence-corrected chi connectivity index (χ0v) is 12.2. The first-order valence-electron chi connectivity index (χ1n) is 6.97. The van der Waals surface area contributed by atoms with Gasteiger partial charge < -0.3 is 14.5 Å². The van der Waals surface area contributed by atoms with Gasteiger partial charge in [-0.15, -0.1) is 13.2 Å². The van der Waals surface area contributed by atoms with Crippen molar-refractivity contribution in [3.8, 4) is 5.75 Å². The molecule has 2 heterocycles. The third kappa shape index (κ3) is 3.83. The Morgan fingerprint density at radius 3 is 2.58 bits per heavy atom. The molecule has 3 rings (SSSR count). The van der Waals surface area contributed by atoms with Gasteiger partial charge in [0.2, 0.25) is 0 Å². The average molecular weight is 335 g/mol. The predicted octanol–water partition coefficient (Wildman–Crippen LogP) is 3.16. The number of ether oxygens (including phenoxy) is 1. The van der Waals surface area contributed by atoms with Crippen molar-refractivity contribution in [2.45, 2.75) is 12.9 Å². The summed E-state index contributed by atoms with van der Waals surface area (Å²) >= 11 is 0. The first-order chi connectivity index (χ1) is 11.4. The minimum absolute atomic E-state index is 0.210. The van der Waals surface area contributed by atoms with Gasteiger partial charge in [-0.3, -0.25) is 4.79 Å². The van der Waals surface area contributed by atoms with Crippen molar-refractivity contribution in [1.29, 1.82) is 0 Å². The molecule has 124 valence electrons. The maximum atomic E-state index is 12.1. The van der Waals surface area contributed by atoms with Crippen molar-refractivity contribution in [3.05, 3.63) is 66.1 Å². The third-order valence-electron chi connectivity index (χ3n) is 3.19. The largest absolute Gasteiger partial charge is 0.573 e. The molecule has 5 nitrogen and oxygen atoms in total. The van der Waals surface area contributed by atoms with Crippen LogP contribution in [0.15, 0.2) is 54.9 Å². The lowest BCUT2D eigenvalue weighted by atomic mass is 10.2. The quantitative estimate of drug-likeness (QED) is 0.797. The third-order valence-corrected chi connectivity index (χ3v) is 3.19. The summed E-state index contributed by atoms with van der Waals surface area (Å²) in [5, 5.41) is 2.67. The van der Waals surface area contributed by atoms with Crippen LogP contribution in [0.5, 0.6) is 5.75 Å². The molecule has 24 heavy (non-hydrogen) atoms. The van der Waals surface area contributed by atoms with E-state index < -0.39 is 12.3 Å². The van der Waals surface area contributed by atoms with Crippen LogP contribution >= 0.6 is 0 Å². The summed E-state index contributed by atoms with van der Waals surface area (Å²) in [6, 6.07) is 10.3. The number of halogens is 3. The minimum Gasteiger partial charge on any atom is -0.406 e. The number of nitrogens with one attached hydrogen (secondary N) is 1. The topological polar surface area (TPSA) is 55.6 Å². The van der Waals surface area contributed by atoms with Gasteiger partial charge in [0.25, 0.3) is 5.91 Å². The second kappa shape index (κ2) is 6.23. The van der Waals surface area contributed by atoms with E-state index >= 15 is 0 Å². The van der Waals surface area contributed by atoms with Crippen LogP contribution in [-0.2, 0) is 6.54 Å². The standard InChI is InChI=1S/C16H12F3N3O2/c17-16(18,19)24-13-6-4-11(5-7-13)15(23)20-9-12-10-22-8-2-1-3-14(22)21-12/h1-8,10H,9H2,(H,20,23). The van der Waals surface area contributed by atoms with Crippen molar-refractivity contribution < 1.29 is 22.7 Å². The van der Waals surface area contributed by atoms with Crippen molar-refractivity contribution in [1.82, 2.24) is 14.7 Å². The second-order valence-electron chi connectivity index (χ2n) is 4.95. The van der Waals surface area contributed by atoms with Crippen LogP contribution in [-0.4, -0.2) is 21.7 Å². The van der Waals surface area contributed by atoms with Crippen molar-refractivity contribution in [3.63, 3.8) is 0 Å². The van der Waals surface area contributed by atoms with Crippen LogP contribution in [0.1, 0.15) is 16.1 Å². The minimum atomic E-state index is -4.76. The Bertz CT molecular complexity index is 824. The molecule has 3 aromatic rings. The first-order valence-corrected chi connectivity index (χ1v) is 6.97. The van der Waals surface area contributed by atoms with E-state index in [1.807, 2.05) is 28.8 Å². The molecular weight excluding hydrogens is 323 g/mol. The van der Waals surface area contributed by atoms with Gasteiger partial charge in [0, 0.05) is 18.0 Å². The highest BCUT2D eigenvalue weighted by Crippen LogP contribution is 2.22. The van der Waals surface area contributed by atoms with Crippen molar-refractivity contribution >= 4 is 11.6 Å². The second-order valence-corrected chi connectivity index (χ2v) is 4.95. The lowest BCUT2D eigenvalue weighted by molar-refractivity contribution is -0.274. The first kappa shape index (κ1) is 15.9. The molecular formula is C16H12F3N3O2. The van der Waals surface area contributed by atoms with Gasteiger partial charge >= 0.3 is 6.36 Å². The number of aromatic nitrogens is 2. The van der Waals surface area contributed by atoms with Gasteiger partial charge in [0.15, 0.2) is 0 Å². The molecule has 0 spiro atoms. The molecule has 0 atom stereocenters. The lowest BCUT2D eigenvalue weighted by Crippen LogP contribution is -2.23. The van der Waals surface area contributed by atoms with Crippen LogP contribution in [0.2, 0.25) is 0 Å². The summed E-state index contributed by atoms with van der Waals surface area (Å²) in [5.74, 6) is -0.787. The molecule has 0 aliphatic carbocycles. The number of imidazole rings is 1. The van der Waals surface area contributed by atoms with E-state index in [4.69, 9.17) is 0 Å². The average Bonchev–Trinajstić information content (AvgIpc) is 2.94. The van der Waals surface area contributed by atoms with Gasteiger partial charge in [0.05, 0.1) is 12.2 Å². The Balaban J connectivity index is 1.62. The summed E-state index contributed by atoms with van der Waals surface area (Å²) in [6.45, 7) is 0.210. The number of fused-ring (bicyclic) bond motifs is 1. The number of carbonyl (C=O) groups is 1. The molecule has 0 saturated heterocycles. The summed E-state index contributed by atoms with van der Waals surface area (Å²) < 4.78 is 41.8. The zero-order chi connectivity index (χ0) is 17.2. The van der Waals surface area contributed by atoms with E-state index in [9.17, 15) is 18.0 Å². The Labute approximate surface area is 134 Å². The van der Waals surface area contributed by atoms with Gasteiger partial charge in [-0.1, -0.05) is 6.07 Å². The molecule has 0 saturated carbocycles. The number of rotatable bonds is 4. The van der Waals surface area contributed by atoms with E-state index in [0.717, 1.165) is 17.8 Å². The van der Waals surface area contributed by atoms with E-state index in [1.54, 1.807) is 6.20 Å². The number of hydrogen-bond acceptors (Lipinski definition) is 3. The van der Waals surface area contributed by atoms with Gasteiger partial charge in [0.1, 0.15) is 11.4 Å². The molecule has 0 fully saturated rings. The Morgan fingerprint density at radius 1 is 1.17 bits per heavy atom. The van der Waals surface area contributed by atoms with Crippen LogP contribution in [0.4, 0.5) is 13.2 Å². The fourth-order valence-electron chi connectivity index (χ4n) is 2.15. The van der Waals surface area contributed by atoms with Crippen LogP contribution in [0, 0.1) is 0 Å². The highest BCUT2D eigenvalue weighted by Gasteiger charge is 2.31. The molecule has 1 amide bonds. The van der Waals surface area contributed by atoms with E-state index in [-0.39, 0.29) is 17.9 Å². The van der Waals surface area contributed by atoms with Gasteiger partial charge in [-0.2, -0.15) is 0 Å². The fraction of sp³-hybridized carbons (Fsp3) is 0.125. The number of alkyl halides is 3. The number of pyridine rings is 1.